The van der Waals surface area contributed by atoms with E-state index >= 15 is 0 Å². The number of aryl methyl sites for hydroxylation is 2. The summed E-state index contributed by atoms with van der Waals surface area (Å²) in [5, 5.41) is 3.19. The number of nitrogens with one attached hydrogen (secondary N) is 1. The molecule has 0 aromatic heterocycles. The van der Waals surface area contributed by atoms with Crippen LogP contribution in [-0.4, -0.2) is 43.8 Å². The summed E-state index contributed by atoms with van der Waals surface area (Å²) in [4.78, 5) is 29.5. The fraction of sp³-hybridized carbons (Fsp3) is 0.412. The van der Waals surface area contributed by atoms with E-state index < -0.39 is 28.5 Å². The highest BCUT2D eigenvalue weighted by atomic mass is 32.2. The fourth-order valence-electron chi connectivity index (χ4n) is 5.50. The third-order valence-corrected chi connectivity index (χ3v) is 9.84. The highest BCUT2D eigenvalue weighted by molar-refractivity contribution is 7.92. The van der Waals surface area contributed by atoms with Crippen molar-refractivity contribution < 1.29 is 18.0 Å². The van der Waals surface area contributed by atoms with Gasteiger partial charge >= 0.3 is 0 Å². The lowest BCUT2D eigenvalue weighted by Crippen LogP contribution is -2.54. The van der Waals surface area contributed by atoms with Crippen LogP contribution < -0.4 is 9.62 Å². The molecule has 0 radical (unpaired) electrons. The summed E-state index contributed by atoms with van der Waals surface area (Å²) in [6.45, 7) is 5.69. The molecule has 0 spiro atoms. The van der Waals surface area contributed by atoms with E-state index in [9.17, 15) is 18.0 Å². The van der Waals surface area contributed by atoms with Gasteiger partial charge in [-0.15, -0.1) is 0 Å². The van der Waals surface area contributed by atoms with Crippen LogP contribution in [0.2, 0.25) is 0 Å². The zero-order chi connectivity index (χ0) is 30.1. The van der Waals surface area contributed by atoms with Crippen molar-refractivity contribution >= 4 is 27.5 Å². The van der Waals surface area contributed by atoms with Gasteiger partial charge in [0.2, 0.25) is 11.8 Å². The van der Waals surface area contributed by atoms with Gasteiger partial charge in [0.1, 0.15) is 12.6 Å². The van der Waals surface area contributed by atoms with Gasteiger partial charge < -0.3 is 10.2 Å². The summed E-state index contributed by atoms with van der Waals surface area (Å²) in [5.74, 6) is -0.616. The first-order chi connectivity index (χ1) is 20.2. The summed E-state index contributed by atoms with van der Waals surface area (Å²) in [6, 6.07) is 22.6. The minimum atomic E-state index is -4.07. The molecule has 1 fully saturated rings. The molecule has 7 nitrogen and oxygen atoms in total. The van der Waals surface area contributed by atoms with Crippen LogP contribution in [0.25, 0.3) is 0 Å². The third-order valence-electron chi connectivity index (χ3n) is 8.05. The molecule has 224 valence electrons. The van der Waals surface area contributed by atoms with Crippen LogP contribution in [0, 0.1) is 6.92 Å². The molecule has 0 aliphatic heterocycles. The predicted molar refractivity (Wildman–Crippen MR) is 168 cm³/mol. The number of hydrogen-bond donors (Lipinski definition) is 1. The van der Waals surface area contributed by atoms with E-state index in [-0.39, 0.29) is 23.4 Å². The van der Waals surface area contributed by atoms with Crippen molar-refractivity contribution in [2.24, 2.45) is 0 Å². The number of sulfonamides is 1. The van der Waals surface area contributed by atoms with E-state index in [1.54, 1.807) is 35.2 Å². The normalized spacial score (nSPS) is 14.6. The van der Waals surface area contributed by atoms with Crippen molar-refractivity contribution in [3.63, 3.8) is 0 Å². The fourth-order valence-corrected chi connectivity index (χ4v) is 6.94. The number of hydrogen-bond acceptors (Lipinski definition) is 4. The molecular weight excluding hydrogens is 546 g/mol. The zero-order valence-corrected chi connectivity index (χ0v) is 25.8. The Morgan fingerprint density at radius 3 is 2.07 bits per heavy atom. The van der Waals surface area contributed by atoms with Crippen LogP contribution >= 0.6 is 0 Å². The van der Waals surface area contributed by atoms with Crippen molar-refractivity contribution in [1.29, 1.82) is 0 Å². The van der Waals surface area contributed by atoms with Gasteiger partial charge in [0.15, 0.2) is 0 Å². The van der Waals surface area contributed by atoms with Gasteiger partial charge in [-0.1, -0.05) is 93.3 Å². The molecule has 3 aromatic carbocycles. The predicted octanol–water partition coefficient (Wildman–Crippen LogP) is 6.01. The molecule has 0 heterocycles. The van der Waals surface area contributed by atoms with Crippen LogP contribution in [0.5, 0.6) is 0 Å². The third kappa shape index (κ3) is 7.79. The molecular formula is C34H43N3O4S. The lowest BCUT2D eigenvalue weighted by molar-refractivity contribution is -0.140. The summed E-state index contributed by atoms with van der Waals surface area (Å²) in [7, 11) is -4.07. The van der Waals surface area contributed by atoms with E-state index in [1.165, 1.54) is 18.6 Å². The maximum Gasteiger partial charge on any atom is 0.264 e. The summed E-state index contributed by atoms with van der Waals surface area (Å²) >= 11 is 0. The van der Waals surface area contributed by atoms with E-state index in [0.29, 0.717) is 12.1 Å². The minimum Gasteiger partial charge on any atom is -0.352 e. The number of amides is 2. The van der Waals surface area contributed by atoms with E-state index in [2.05, 4.69) is 5.32 Å². The molecule has 2 amide bonds. The maximum absolute atomic E-state index is 14.2. The lowest BCUT2D eigenvalue weighted by atomic mass is 9.95. The van der Waals surface area contributed by atoms with Crippen molar-refractivity contribution in [2.75, 3.05) is 10.8 Å². The van der Waals surface area contributed by atoms with E-state index in [4.69, 9.17) is 0 Å². The van der Waals surface area contributed by atoms with Crippen molar-refractivity contribution in [3.05, 3.63) is 95.6 Å². The highest BCUT2D eigenvalue weighted by Crippen LogP contribution is 2.26. The van der Waals surface area contributed by atoms with Crippen molar-refractivity contribution in [2.45, 2.75) is 89.2 Å². The average molecular weight is 590 g/mol. The molecule has 42 heavy (non-hydrogen) atoms. The van der Waals surface area contributed by atoms with Gasteiger partial charge in [0.05, 0.1) is 10.6 Å². The summed E-state index contributed by atoms with van der Waals surface area (Å²) in [6.07, 6.45) is 6.42. The second kappa shape index (κ2) is 14.5. The van der Waals surface area contributed by atoms with Gasteiger partial charge in [0, 0.05) is 12.6 Å². The Hall–Kier alpha value is -3.65. The van der Waals surface area contributed by atoms with E-state index in [1.807, 2.05) is 57.2 Å². The van der Waals surface area contributed by atoms with Gasteiger partial charge in [-0.3, -0.25) is 13.9 Å². The second-order valence-electron chi connectivity index (χ2n) is 11.1. The molecule has 3 aromatic rings. The zero-order valence-electron chi connectivity index (χ0n) is 25.0. The number of rotatable bonds is 12. The minimum absolute atomic E-state index is 0.101. The Kier molecular flexibility index (Phi) is 10.8. The van der Waals surface area contributed by atoms with Gasteiger partial charge in [-0.25, -0.2) is 8.42 Å². The Bertz CT molecular complexity index is 1420. The standard InChI is InChI=1S/C34H43N3O4S/c1-4-27-20-22-30(23-21-27)37(42(40,41)31-14-10-7-11-15-31)25-33(38)36(24-28-18-16-26(3)17-19-28)32(5-2)34(39)35-29-12-8-6-9-13-29/h7,10-11,14-23,29,32H,4-6,8-9,12-13,24-25H2,1-3H3,(H,35,39)/t32-/m1/s1. The first-order valence-corrected chi connectivity index (χ1v) is 16.5. The largest absolute Gasteiger partial charge is 0.352 e. The van der Waals surface area contributed by atoms with Crippen LogP contribution in [-0.2, 0) is 32.6 Å². The molecule has 0 saturated heterocycles. The average Bonchev–Trinajstić information content (AvgIpc) is 3.01. The molecule has 4 rings (SSSR count). The maximum atomic E-state index is 14.2. The quantitative estimate of drug-likeness (QED) is 0.280. The Labute approximate surface area is 251 Å². The van der Waals surface area contributed by atoms with Gasteiger partial charge in [-0.2, -0.15) is 0 Å². The molecule has 1 N–H and O–H groups in total. The molecule has 1 aliphatic rings. The summed E-state index contributed by atoms with van der Waals surface area (Å²) in [5.41, 5.74) is 3.44. The number of carbonyl (C=O) groups is 2. The summed E-state index contributed by atoms with van der Waals surface area (Å²) < 4.78 is 29.1. The first kappa shape index (κ1) is 31.3. The number of carbonyl (C=O) groups excluding carboxylic acids is 2. The molecule has 0 bridgehead atoms. The second-order valence-corrected chi connectivity index (χ2v) is 13.0. The van der Waals surface area contributed by atoms with Crippen LogP contribution in [0.15, 0.2) is 83.8 Å². The smallest absolute Gasteiger partial charge is 0.264 e. The van der Waals surface area contributed by atoms with Crippen LogP contribution in [0.1, 0.15) is 69.1 Å². The number of nitrogens with zero attached hydrogens (tertiary/aromatic N) is 2. The van der Waals surface area contributed by atoms with Gasteiger partial charge in [0.25, 0.3) is 10.0 Å². The Morgan fingerprint density at radius 2 is 1.48 bits per heavy atom. The lowest BCUT2D eigenvalue weighted by Gasteiger charge is -2.34. The molecule has 1 atom stereocenters. The Balaban J connectivity index is 1.69. The van der Waals surface area contributed by atoms with Crippen molar-refractivity contribution in [1.82, 2.24) is 10.2 Å². The number of benzene rings is 3. The van der Waals surface area contributed by atoms with Crippen LogP contribution in [0.3, 0.4) is 0 Å². The molecule has 0 unspecified atom stereocenters. The van der Waals surface area contributed by atoms with E-state index in [0.717, 1.165) is 53.1 Å². The van der Waals surface area contributed by atoms with Crippen LogP contribution in [0.4, 0.5) is 5.69 Å². The molecule has 8 heteroatoms. The molecule has 1 aliphatic carbocycles. The monoisotopic (exact) mass is 589 g/mol. The van der Waals surface area contributed by atoms with Gasteiger partial charge in [-0.05, 0) is 68.0 Å². The molecule has 1 saturated carbocycles. The first-order valence-electron chi connectivity index (χ1n) is 15.0. The SMILES string of the molecule is CCc1ccc(N(CC(=O)N(Cc2ccc(C)cc2)[C@H](CC)C(=O)NC2CCCCC2)S(=O)(=O)c2ccccc2)cc1. The Morgan fingerprint density at radius 1 is 0.857 bits per heavy atom. The number of anilines is 1. The van der Waals surface area contributed by atoms with Crippen molar-refractivity contribution in [3.8, 4) is 0 Å². The topological polar surface area (TPSA) is 86.8 Å². The highest BCUT2D eigenvalue weighted by Gasteiger charge is 2.34.